The van der Waals surface area contributed by atoms with Crippen molar-refractivity contribution in [1.29, 1.82) is 0 Å². The predicted molar refractivity (Wildman–Crippen MR) is 84.2 cm³/mol. The van der Waals surface area contributed by atoms with Crippen molar-refractivity contribution in [2.45, 2.75) is 6.61 Å². The monoisotopic (exact) mass is 404 g/mol. The van der Waals surface area contributed by atoms with Crippen LogP contribution in [0.1, 0.15) is 5.56 Å². The van der Waals surface area contributed by atoms with Crippen molar-refractivity contribution in [3.63, 3.8) is 0 Å². The highest BCUT2D eigenvalue weighted by Crippen LogP contribution is 2.30. The fourth-order valence-electron chi connectivity index (χ4n) is 1.55. The molecule has 2 nitrogen and oxygen atoms in total. The van der Waals surface area contributed by atoms with Gasteiger partial charge in [0.1, 0.15) is 18.1 Å². The molecule has 0 N–H and O–H groups in total. The summed E-state index contributed by atoms with van der Waals surface area (Å²) < 4.78 is 12.7. The lowest BCUT2D eigenvalue weighted by molar-refractivity contribution is 0.304. The SMILES string of the molecule is COc1ccc(COc2ccc(Cl)cc2Br)cc1Br. The Bertz CT molecular complexity index is 588. The molecular formula is C14H11Br2ClO2. The third-order valence-electron chi connectivity index (χ3n) is 2.50. The zero-order chi connectivity index (χ0) is 13.8. The lowest BCUT2D eigenvalue weighted by atomic mass is 10.2. The van der Waals surface area contributed by atoms with Crippen LogP contribution in [-0.4, -0.2) is 7.11 Å². The Morgan fingerprint density at radius 1 is 1.00 bits per heavy atom. The maximum absolute atomic E-state index is 5.88. The summed E-state index contributed by atoms with van der Waals surface area (Å²) in [6.45, 7) is 0.475. The van der Waals surface area contributed by atoms with E-state index in [-0.39, 0.29) is 0 Å². The summed E-state index contributed by atoms with van der Waals surface area (Å²) in [6, 6.07) is 11.3. The van der Waals surface area contributed by atoms with Gasteiger partial charge >= 0.3 is 0 Å². The van der Waals surface area contributed by atoms with E-state index in [1.807, 2.05) is 24.3 Å². The van der Waals surface area contributed by atoms with Crippen LogP contribution in [0, 0.1) is 0 Å². The summed E-state index contributed by atoms with van der Waals surface area (Å²) in [4.78, 5) is 0. The average molecular weight is 407 g/mol. The quantitative estimate of drug-likeness (QED) is 0.672. The van der Waals surface area contributed by atoms with E-state index in [1.54, 1.807) is 19.2 Å². The van der Waals surface area contributed by atoms with Gasteiger partial charge in [-0.1, -0.05) is 17.7 Å². The number of ether oxygens (including phenoxy) is 2. The highest BCUT2D eigenvalue weighted by atomic mass is 79.9. The van der Waals surface area contributed by atoms with Crippen molar-refractivity contribution in [2.75, 3.05) is 7.11 Å². The third-order valence-corrected chi connectivity index (χ3v) is 3.98. The van der Waals surface area contributed by atoms with Gasteiger partial charge in [-0.3, -0.25) is 0 Å². The molecule has 0 radical (unpaired) electrons. The second-order valence-corrected chi connectivity index (χ2v) is 5.98. The van der Waals surface area contributed by atoms with Crippen molar-refractivity contribution in [3.05, 3.63) is 55.9 Å². The van der Waals surface area contributed by atoms with Crippen LogP contribution in [0.2, 0.25) is 5.02 Å². The zero-order valence-electron chi connectivity index (χ0n) is 10.1. The van der Waals surface area contributed by atoms with Crippen LogP contribution in [0.5, 0.6) is 11.5 Å². The minimum atomic E-state index is 0.475. The van der Waals surface area contributed by atoms with Crippen LogP contribution >= 0.6 is 43.5 Å². The molecule has 5 heteroatoms. The van der Waals surface area contributed by atoms with Crippen LogP contribution in [0.4, 0.5) is 0 Å². The first-order valence-corrected chi connectivity index (χ1v) is 7.47. The van der Waals surface area contributed by atoms with E-state index in [0.29, 0.717) is 11.6 Å². The van der Waals surface area contributed by atoms with Gasteiger partial charge in [0.2, 0.25) is 0 Å². The molecule has 0 aliphatic rings. The van der Waals surface area contributed by atoms with Gasteiger partial charge in [0, 0.05) is 5.02 Å². The van der Waals surface area contributed by atoms with Gasteiger partial charge in [0.15, 0.2) is 0 Å². The van der Waals surface area contributed by atoms with Gasteiger partial charge in [0.25, 0.3) is 0 Å². The highest BCUT2D eigenvalue weighted by Gasteiger charge is 2.05. The second-order valence-electron chi connectivity index (χ2n) is 3.83. The number of rotatable bonds is 4. The van der Waals surface area contributed by atoms with Gasteiger partial charge in [0.05, 0.1) is 16.1 Å². The molecule has 0 saturated carbocycles. The Hall–Kier alpha value is -0.710. The molecule has 2 aromatic carbocycles. The molecule has 2 aromatic rings. The van der Waals surface area contributed by atoms with Crippen LogP contribution in [-0.2, 0) is 6.61 Å². The van der Waals surface area contributed by atoms with Gasteiger partial charge in [-0.05, 0) is 67.8 Å². The van der Waals surface area contributed by atoms with E-state index in [1.165, 1.54) is 0 Å². The van der Waals surface area contributed by atoms with Crippen molar-refractivity contribution in [2.24, 2.45) is 0 Å². The first-order valence-electron chi connectivity index (χ1n) is 5.50. The lowest BCUT2D eigenvalue weighted by Crippen LogP contribution is -1.96. The minimum absolute atomic E-state index is 0.475. The number of halogens is 3. The van der Waals surface area contributed by atoms with Crippen molar-refractivity contribution < 1.29 is 9.47 Å². The molecule has 0 unspecified atom stereocenters. The number of methoxy groups -OCH3 is 1. The van der Waals surface area contributed by atoms with E-state index in [0.717, 1.165) is 26.0 Å². The summed E-state index contributed by atoms with van der Waals surface area (Å²) in [6.07, 6.45) is 0. The van der Waals surface area contributed by atoms with Gasteiger partial charge < -0.3 is 9.47 Å². The Labute approximate surface area is 133 Å². The standard InChI is InChI=1S/C14H11Br2ClO2/c1-18-13-4-2-9(6-11(13)15)8-19-14-5-3-10(17)7-12(14)16/h2-7H,8H2,1H3. The number of hydrogen-bond acceptors (Lipinski definition) is 2. The molecule has 0 spiro atoms. The molecule has 0 bridgehead atoms. The Kier molecular flexibility index (Phi) is 5.13. The minimum Gasteiger partial charge on any atom is -0.496 e. The topological polar surface area (TPSA) is 18.5 Å². The van der Waals surface area contributed by atoms with Gasteiger partial charge in [-0.25, -0.2) is 0 Å². The van der Waals surface area contributed by atoms with Crippen molar-refractivity contribution in [1.82, 2.24) is 0 Å². The molecule has 0 heterocycles. The largest absolute Gasteiger partial charge is 0.496 e. The van der Waals surface area contributed by atoms with Crippen LogP contribution < -0.4 is 9.47 Å². The maximum atomic E-state index is 5.88. The van der Waals surface area contributed by atoms with Gasteiger partial charge in [-0.15, -0.1) is 0 Å². The molecule has 0 amide bonds. The summed E-state index contributed by atoms with van der Waals surface area (Å²) in [5, 5.41) is 0.673. The smallest absolute Gasteiger partial charge is 0.134 e. The molecular weight excluding hydrogens is 395 g/mol. The zero-order valence-corrected chi connectivity index (χ0v) is 14.0. The fourth-order valence-corrected chi connectivity index (χ4v) is 2.94. The number of hydrogen-bond donors (Lipinski definition) is 0. The maximum Gasteiger partial charge on any atom is 0.134 e. The normalized spacial score (nSPS) is 10.3. The van der Waals surface area contributed by atoms with Crippen LogP contribution in [0.3, 0.4) is 0 Å². The number of benzene rings is 2. The third kappa shape index (κ3) is 3.88. The van der Waals surface area contributed by atoms with E-state index in [4.69, 9.17) is 21.1 Å². The van der Waals surface area contributed by atoms with E-state index < -0.39 is 0 Å². The fraction of sp³-hybridized carbons (Fsp3) is 0.143. The first kappa shape index (κ1) is 14.7. The average Bonchev–Trinajstić information content (AvgIpc) is 2.38. The molecule has 19 heavy (non-hydrogen) atoms. The Morgan fingerprint density at radius 3 is 2.32 bits per heavy atom. The van der Waals surface area contributed by atoms with Crippen LogP contribution in [0.15, 0.2) is 45.3 Å². The molecule has 0 atom stereocenters. The lowest BCUT2D eigenvalue weighted by Gasteiger charge is -2.10. The molecule has 0 fully saturated rings. The Morgan fingerprint density at radius 2 is 1.68 bits per heavy atom. The molecule has 2 rings (SSSR count). The first-order chi connectivity index (χ1) is 9.10. The molecule has 0 saturated heterocycles. The van der Waals surface area contributed by atoms with E-state index in [9.17, 15) is 0 Å². The van der Waals surface area contributed by atoms with E-state index in [2.05, 4.69) is 31.9 Å². The summed E-state index contributed by atoms with van der Waals surface area (Å²) in [5.41, 5.74) is 1.05. The van der Waals surface area contributed by atoms with Crippen molar-refractivity contribution >= 4 is 43.5 Å². The van der Waals surface area contributed by atoms with E-state index >= 15 is 0 Å². The summed E-state index contributed by atoms with van der Waals surface area (Å²) >= 11 is 12.8. The summed E-state index contributed by atoms with van der Waals surface area (Å²) in [7, 11) is 1.64. The molecule has 100 valence electrons. The van der Waals surface area contributed by atoms with Gasteiger partial charge in [-0.2, -0.15) is 0 Å². The molecule has 0 aromatic heterocycles. The second kappa shape index (κ2) is 6.64. The molecule has 0 aliphatic heterocycles. The van der Waals surface area contributed by atoms with Crippen molar-refractivity contribution in [3.8, 4) is 11.5 Å². The molecule has 0 aliphatic carbocycles. The summed E-state index contributed by atoms with van der Waals surface area (Å²) in [5.74, 6) is 1.56. The Balaban J connectivity index is 2.08. The van der Waals surface area contributed by atoms with Crippen LogP contribution in [0.25, 0.3) is 0 Å². The predicted octanol–water partition coefficient (Wildman–Crippen LogP) is 5.45. The highest BCUT2D eigenvalue weighted by molar-refractivity contribution is 9.10.